The molecule has 1 aliphatic heterocycles. The van der Waals surface area contributed by atoms with Gasteiger partial charge in [-0.15, -0.1) is 0 Å². The molecule has 1 unspecified atom stereocenters. The van der Waals surface area contributed by atoms with Crippen LogP contribution in [-0.2, 0) is 0 Å². The monoisotopic (exact) mass is 222 g/mol. The highest BCUT2D eigenvalue weighted by molar-refractivity contribution is 6.04. The van der Waals surface area contributed by atoms with E-state index in [0.29, 0.717) is 5.56 Å². The van der Waals surface area contributed by atoms with Crippen molar-refractivity contribution in [3.63, 3.8) is 0 Å². The van der Waals surface area contributed by atoms with Crippen LogP contribution >= 0.6 is 0 Å². The molecule has 1 aliphatic rings. The van der Waals surface area contributed by atoms with Crippen molar-refractivity contribution in [2.45, 2.75) is 18.9 Å². The van der Waals surface area contributed by atoms with Crippen molar-refractivity contribution in [1.82, 2.24) is 4.90 Å². The minimum atomic E-state index is -0.408. The van der Waals surface area contributed by atoms with Crippen LogP contribution in [0.25, 0.3) is 0 Å². The second-order valence-electron chi connectivity index (χ2n) is 4.23. The molecule has 2 rings (SSSR count). The number of hydrogen-bond acceptors (Lipinski definition) is 3. The van der Waals surface area contributed by atoms with Crippen molar-refractivity contribution < 1.29 is 9.18 Å². The molecule has 0 spiro atoms. The fourth-order valence-electron chi connectivity index (χ4n) is 2.18. The maximum Gasteiger partial charge on any atom is 0.182 e. The summed E-state index contributed by atoms with van der Waals surface area (Å²) in [7, 11) is 1.93. The Kier molecular flexibility index (Phi) is 2.92. The molecule has 0 saturated carbocycles. The summed E-state index contributed by atoms with van der Waals surface area (Å²) in [4.78, 5) is 14.2. The number of carbonyl (C=O) groups excluding carboxylic acids is 1. The number of benzene rings is 1. The van der Waals surface area contributed by atoms with E-state index in [2.05, 4.69) is 0 Å². The van der Waals surface area contributed by atoms with Crippen molar-refractivity contribution in [1.29, 1.82) is 0 Å². The van der Waals surface area contributed by atoms with Gasteiger partial charge < -0.3 is 5.73 Å². The molecule has 0 radical (unpaired) electrons. The third-order valence-electron chi connectivity index (χ3n) is 3.10. The first kappa shape index (κ1) is 11.1. The fourth-order valence-corrected chi connectivity index (χ4v) is 2.18. The molecule has 1 atom stereocenters. The SMILES string of the molecule is CN1CCCC1C(=O)c1ccc(F)cc1N. The number of carbonyl (C=O) groups is 1. The Labute approximate surface area is 94.0 Å². The topological polar surface area (TPSA) is 46.3 Å². The molecule has 1 heterocycles. The van der Waals surface area contributed by atoms with Crippen LogP contribution in [0.5, 0.6) is 0 Å². The van der Waals surface area contributed by atoms with Crippen LogP contribution in [0.4, 0.5) is 10.1 Å². The summed E-state index contributed by atoms with van der Waals surface area (Å²) in [6.45, 7) is 0.928. The normalized spacial score (nSPS) is 21.2. The van der Waals surface area contributed by atoms with Crippen LogP contribution in [-0.4, -0.2) is 30.3 Å². The Balaban J connectivity index is 2.27. The van der Waals surface area contributed by atoms with Gasteiger partial charge in [-0.3, -0.25) is 9.69 Å². The van der Waals surface area contributed by atoms with Crippen LogP contribution in [0.3, 0.4) is 0 Å². The van der Waals surface area contributed by atoms with Crippen molar-refractivity contribution in [2.75, 3.05) is 19.3 Å². The highest BCUT2D eigenvalue weighted by Gasteiger charge is 2.29. The summed E-state index contributed by atoms with van der Waals surface area (Å²) in [6.07, 6.45) is 1.88. The Morgan fingerprint density at radius 3 is 2.88 bits per heavy atom. The van der Waals surface area contributed by atoms with Gasteiger partial charge in [-0.1, -0.05) is 0 Å². The van der Waals surface area contributed by atoms with Crippen LogP contribution in [0.2, 0.25) is 0 Å². The van der Waals surface area contributed by atoms with Gasteiger partial charge >= 0.3 is 0 Å². The Morgan fingerprint density at radius 2 is 2.31 bits per heavy atom. The number of nitrogen functional groups attached to an aromatic ring is 1. The second kappa shape index (κ2) is 4.22. The van der Waals surface area contributed by atoms with E-state index in [1.54, 1.807) is 0 Å². The molecule has 1 fully saturated rings. The van der Waals surface area contributed by atoms with E-state index in [0.717, 1.165) is 19.4 Å². The Hall–Kier alpha value is -1.42. The molecule has 0 aromatic heterocycles. The van der Waals surface area contributed by atoms with Crippen molar-refractivity contribution in [3.05, 3.63) is 29.6 Å². The third-order valence-corrected chi connectivity index (χ3v) is 3.10. The summed E-state index contributed by atoms with van der Waals surface area (Å²) in [5, 5.41) is 0. The maximum atomic E-state index is 12.9. The third kappa shape index (κ3) is 1.93. The minimum absolute atomic E-state index is 0.00231. The molecule has 16 heavy (non-hydrogen) atoms. The Morgan fingerprint density at radius 1 is 1.56 bits per heavy atom. The standard InChI is InChI=1S/C12H15FN2O/c1-15-6-2-3-11(15)12(16)9-5-4-8(13)7-10(9)14/h4-5,7,11H,2-3,6,14H2,1H3. The number of ketones is 1. The van der Waals surface area contributed by atoms with Gasteiger partial charge in [0.15, 0.2) is 5.78 Å². The highest BCUT2D eigenvalue weighted by Crippen LogP contribution is 2.22. The van der Waals surface area contributed by atoms with E-state index in [-0.39, 0.29) is 17.5 Å². The molecule has 2 N–H and O–H groups in total. The number of rotatable bonds is 2. The summed E-state index contributed by atoms with van der Waals surface area (Å²) in [5.74, 6) is -0.411. The number of hydrogen-bond donors (Lipinski definition) is 1. The lowest BCUT2D eigenvalue weighted by Gasteiger charge is -2.18. The molecule has 0 bridgehead atoms. The van der Waals surface area contributed by atoms with Gasteiger partial charge in [0.2, 0.25) is 0 Å². The zero-order chi connectivity index (χ0) is 11.7. The van der Waals surface area contributed by atoms with Gasteiger partial charge in [0.25, 0.3) is 0 Å². The average molecular weight is 222 g/mol. The van der Waals surface area contributed by atoms with Crippen LogP contribution in [0.1, 0.15) is 23.2 Å². The van der Waals surface area contributed by atoms with Crippen molar-refractivity contribution >= 4 is 11.5 Å². The van der Waals surface area contributed by atoms with Crippen molar-refractivity contribution in [2.24, 2.45) is 0 Å². The van der Waals surface area contributed by atoms with Gasteiger partial charge in [-0.2, -0.15) is 0 Å². The first-order valence-electron chi connectivity index (χ1n) is 5.39. The largest absolute Gasteiger partial charge is 0.398 e. The molecule has 1 saturated heterocycles. The van der Waals surface area contributed by atoms with Gasteiger partial charge in [0.05, 0.1) is 6.04 Å². The predicted octanol–water partition coefficient (Wildman–Crippen LogP) is 1.68. The number of likely N-dealkylation sites (N-methyl/N-ethyl adjacent to an activating group) is 1. The lowest BCUT2D eigenvalue weighted by atomic mass is 10.0. The number of Topliss-reactive ketones (excluding diaryl/α,β-unsaturated/α-hetero) is 1. The summed E-state index contributed by atoms with van der Waals surface area (Å²) < 4.78 is 12.9. The number of nitrogens with zero attached hydrogens (tertiary/aromatic N) is 1. The van der Waals surface area contributed by atoms with E-state index in [4.69, 9.17) is 5.73 Å². The molecule has 0 aliphatic carbocycles. The fraction of sp³-hybridized carbons (Fsp3) is 0.417. The Bertz CT molecular complexity index is 419. The highest BCUT2D eigenvalue weighted by atomic mass is 19.1. The number of nitrogens with two attached hydrogens (primary N) is 1. The van der Waals surface area contributed by atoms with Crippen LogP contribution < -0.4 is 5.73 Å². The molecule has 86 valence electrons. The smallest absolute Gasteiger partial charge is 0.182 e. The van der Waals surface area contributed by atoms with Gasteiger partial charge in [-0.25, -0.2) is 4.39 Å². The summed E-state index contributed by atoms with van der Waals surface area (Å²) in [6, 6.07) is 3.84. The molecule has 1 aromatic carbocycles. The molecule has 1 aromatic rings. The molecule has 3 nitrogen and oxygen atoms in total. The number of halogens is 1. The second-order valence-corrected chi connectivity index (χ2v) is 4.23. The average Bonchev–Trinajstić information content (AvgIpc) is 2.63. The van der Waals surface area contributed by atoms with E-state index >= 15 is 0 Å². The summed E-state index contributed by atoms with van der Waals surface area (Å²) >= 11 is 0. The van der Waals surface area contributed by atoms with Gasteiger partial charge in [0.1, 0.15) is 5.82 Å². The van der Waals surface area contributed by atoms with Gasteiger partial charge in [0, 0.05) is 11.3 Å². The van der Waals surface area contributed by atoms with E-state index in [1.165, 1.54) is 18.2 Å². The quantitative estimate of drug-likeness (QED) is 0.611. The van der Waals surface area contributed by atoms with Crippen LogP contribution in [0.15, 0.2) is 18.2 Å². The predicted molar refractivity (Wildman–Crippen MR) is 60.8 cm³/mol. The molecular weight excluding hydrogens is 207 g/mol. The minimum Gasteiger partial charge on any atom is -0.398 e. The summed E-state index contributed by atoms with van der Waals surface area (Å²) in [5.41, 5.74) is 6.31. The number of likely N-dealkylation sites (tertiary alicyclic amines) is 1. The zero-order valence-corrected chi connectivity index (χ0v) is 9.24. The van der Waals surface area contributed by atoms with E-state index in [1.807, 2.05) is 11.9 Å². The molecular formula is C12H15FN2O. The maximum absolute atomic E-state index is 12.9. The molecule has 4 heteroatoms. The first-order valence-corrected chi connectivity index (χ1v) is 5.39. The zero-order valence-electron chi connectivity index (χ0n) is 9.24. The van der Waals surface area contributed by atoms with E-state index < -0.39 is 5.82 Å². The van der Waals surface area contributed by atoms with Crippen LogP contribution in [0, 0.1) is 5.82 Å². The van der Waals surface area contributed by atoms with Gasteiger partial charge in [-0.05, 0) is 44.6 Å². The van der Waals surface area contributed by atoms with E-state index in [9.17, 15) is 9.18 Å². The first-order chi connectivity index (χ1) is 7.59. The molecule has 0 amide bonds. The lowest BCUT2D eigenvalue weighted by molar-refractivity contribution is 0.0891. The van der Waals surface area contributed by atoms with Crippen molar-refractivity contribution in [3.8, 4) is 0 Å². The lowest BCUT2D eigenvalue weighted by Crippen LogP contribution is -2.33. The number of anilines is 1.